The molecule has 4 rings (SSSR count). The first-order chi connectivity index (χ1) is 14.1. The molecule has 0 saturated carbocycles. The normalized spacial score (nSPS) is 16.7. The lowest BCUT2D eigenvalue weighted by atomic mass is 10.1. The number of hydrogen-bond acceptors (Lipinski definition) is 4. The predicted molar refractivity (Wildman–Crippen MR) is 115 cm³/mol. The number of hydrogen-bond donors (Lipinski definition) is 1. The fourth-order valence-electron chi connectivity index (χ4n) is 4.19. The average Bonchev–Trinajstić information content (AvgIpc) is 3.18. The molecule has 2 aromatic rings. The summed E-state index contributed by atoms with van der Waals surface area (Å²) in [4.78, 5) is 31.3. The van der Waals surface area contributed by atoms with Crippen molar-refractivity contribution in [1.29, 1.82) is 0 Å². The van der Waals surface area contributed by atoms with Gasteiger partial charge in [-0.1, -0.05) is 36.4 Å². The van der Waals surface area contributed by atoms with Crippen molar-refractivity contribution in [3.63, 3.8) is 0 Å². The number of amides is 2. The van der Waals surface area contributed by atoms with Crippen LogP contribution in [0.3, 0.4) is 0 Å². The molecule has 2 aromatic carbocycles. The van der Waals surface area contributed by atoms with Gasteiger partial charge in [-0.05, 0) is 36.1 Å². The van der Waals surface area contributed by atoms with Gasteiger partial charge in [0.05, 0.1) is 6.54 Å². The Morgan fingerprint density at radius 3 is 2.38 bits per heavy atom. The molecule has 2 heterocycles. The maximum atomic E-state index is 12.8. The fraction of sp³-hybridized carbons (Fsp3) is 0.391. The van der Waals surface area contributed by atoms with Gasteiger partial charge >= 0.3 is 0 Å². The molecule has 2 N–H and O–H groups in total. The molecule has 1 saturated heterocycles. The van der Waals surface area contributed by atoms with Gasteiger partial charge in [-0.3, -0.25) is 14.5 Å². The lowest BCUT2D eigenvalue weighted by Crippen LogP contribution is -2.51. The molecule has 2 amide bonds. The molecule has 0 aromatic heterocycles. The number of rotatable bonds is 5. The van der Waals surface area contributed by atoms with E-state index >= 15 is 0 Å². The lowest BCUT2D eigenvalue weighted by molar-refractivity contribution is -0.133. The summed E-state index contributed by atoms with van der Waals surface area (Å²) in [6.07, 6.45) is 2.06. The zero-order valence-electron chi connectivity index (χ0n) is 16.7. The third-order valence-electron chi connectivity index (χ3n) is 5.94. The first-order valence-electron chi connectivity index (χ1n) is 10.3. The quantitative estimate of drug-likeness (QED) is 0.790. The molecule has 0 aliphatic carbocycles. The highest BCUT2D eigenvalue weighted by molar-refractivity contribution is 5.96. The molecule has 0 radical (unpaired) electrons. The van der Waals surface area contributed by atoms with Crippen molar-refractivity contribution < 1.29 is 9.59 Å². The van der Waals surface area contributed by atoms with Crippen LogP contribution in [0.2, 0.25) is 0 Å². The molecule has 6 nitrogen and oxygen atoms in total. The van der Waals surface area contributed by atoms with Gasteiger partial charge in [0.15, 0.2) is 0 Å². The van der Waals surface area contributed by atoms with Crippen LogP contribution in [0.25, 0.3) is 0 Å². The molecule has 0 spiro atoms. The van der Waals surface area contributed by atoms with Crippen molar-refractivity contribution in [2.75, 3.05) is 49.9 Å². The van der Waals surface area contributed by atoms with E-state index in [2.05, 4.69) is 11.0 Å². The van der Waals surface area contributed by atoms with Gasteiger partial charge in [0.2, 0.25) is 11.8 Å². The molecule has 6 heteroatoms. The van der Waals surface area contributed by atoms with Gasteiger partial charge in [0.1, 0.15) is 0 Å². The highest BCUT2D eigenvalue weighted by Crippen LogP contribution is 2.27. The second-order valence-electron chi connectivity index (χ2n) is 7.78. The minimum atomic E-state index is 0.147. The summed E-state index contributed by atoms with van der Waals surface area (Å²) in [6.45, 7) is 4.00. The number of nitrogens with two attached hydrogens (primary N) is 1. The highest BCUT2D eigenvalue weighted by Gasteiger charge is 2.27. The van der Waals surface area contributed by atoms with Crippen LogP contribution in [-0.4, -0.2) is 60.9 Å². The van der Waals surface area contributed by atoms with Gasteiger partial charge in [-0.2, -0.15) is 0 Å². The number of para-hydroxylation sites is 2. The Labute approximate surface area is 171 Å². The van der Waals surface area contributed by atoms with Crippen LogP contribution >= 0.6 is 0 Å². The molecule has 2 aliphatic heterocycles. The van der Waals surface area contributed by atoms with Crippen LogP contribution in [0.15, 0.2) is 48.5 Å². The Balaban J connectivity index is 1.24. The Bertz CT molecular complexity index is 890. The number of anilines is 2. The van der Waals surface area contributed by atoms with Gasteiger partial charge < -0.3 is 15.5 Å². The van der Waals surface area contributed by atoms with E-state index in [9.17, 15) is 9.59 Å². The molecule has 2 aliphatic rings. The van der Waals surface area contributed by atoms with E-state index < -0.39 is 0 Å². The molecule has 0 bridgehead atoms. The number of carbonyl (C=O) groups excluding carboxylic acids is 2. The summed E-state index contributed by atoms with van der Waals surface area (Å²) in [5.74, 6) is 0.307. The summed E-state index contributed by atoms with van der Waals surface area (Å²) in [6, 6.07) is 15.8. The largest absolute Gasteiger partial charge is 0.399 e. The molecule has 1 fully saturated rings. The number of fused-ring (bicyclic) bond motifs is 1. The number of benzene rings is 2. The fourth-order valence-corrected chi connectivity index (χ4v) is 4.19. The highest BCUT2D eigenvalue weighted by atomic mass is 16.2. The van der Waals surface area contributed by atoms with Gasteiger partial charge in [-0.25, -0.2) is 0 Å². The number of carbonyl (C=O) groups is 2. The Kier molecular flexibility index (Phi) is 5.81. The Morgan fingerprint density at radius 1 is 0.862 bits per heavy atom. The topological polar surface area (TPSA) is 69.9 Å². The van der Waals surface area contributed by atoms with Crippen molar-refractivity contribution >= 4 is 23.2 Å². The van der Waals surface area contributed by atoms with E-state index in [-0.39, 0.29) is 11.8 Å². The summed E-state index contributed by atoms with van der Waals surface area (Å²) in [5, 5.41) is 0. The van der Waals surface area contributed by atoms with Crippen molar-refractivity contribution in [2.45, 2.75) is 19.3 Å². The maximum Gasteiger partial charge on any atom is 0.241 e. The van der Waals surface area contributed by atoms with Crippen molar-refractivity contribution in [3.8, 4) is 0 Å². The predicted octanol–water partition coefficient (Wildman–Crippen LogP) is 1.93. The van der Waals surface area contributed by atoms with Crippen LogP contribution in [0.4, 0.5) is 11.4 Å². The number of nitrogens with zero attached hydrogens (tertiary/aromatic N) is 3. The molecular formula is C23H28N4O2. The number of piperazine rings is 1. The van der Waals surface area contributed by atoms with E-state index in [4.69, 9.17) is 5.73 Å². The lowest BCUT2D eigenvalue weighted by Gasteiger charge is -2.35. The maximum absolute atomic E-state index is 12.8. The summed E-state index contributed by atoms with van der Waals surface area (Å²) < 4.78 is 0. The second-order valence-corrected chi connectivity index (χ2v) is 7.78. The Morgan fingerprint density at radius 2 is 1.59 bits per heavy atom. The smallest absolute Gasteiger partial charge is 0.241 e. The van der Waals surface area contributed by atoms with Crippen LogP contribution in [0.1, 0.15) is 17.5 Å². The molecular weight excluding hydrogens is 364 g/mol. The minimum absolute atomic E-state index is 0.147. The first-order valence-corrected chi connectivity index (χ1v) is 10.3. The summed E-state index contributed by atoms with van der Waals surface area (Å²) in [7, 11) is 0. The Hall–Kier alpha value is -2.86. The monoisotopic (exact) mass is 392 g/mol. The SMILES string of the molecule is Nc1ccccc1CCC(=O)N1CCN(CC(=O)N2CCc3ccccc32)CC1. The average molecular weight is 393 g/mol. The van der Waals surface area contributed by atoms with Crippen molar-refractivity contribution in [1.82, 2.24) is 9.80 Å². The first kappa shape index (κ1) is 19.5. The molecule has 0 unspecified atom stereocenters. The molecule has 152 valence electrons. The van der Waals surface area contributed by atoms with E-state index in [1.54, 1.807) is 0 Å². The molecule has 0 atom stereocenters. The summed E-state index contributed by atoms with van der Waals surface area (Å²) in [5.41, 5.74) is 10.0. The number of aryl methyl sites for hydroxylation is 1. The van der Waals surface area contributed by atoms with E-state index in [0.29, 0.717) is 32.5 Å². The molecule has 29 heavy (non-hydrogen) atoms. The minimum Gasteiger partial charge on any atom is -0.399 e. The zero-order chi connectivity index (χ0) is 20.2. The van der Waals surface area contributed by atoms with E-state index in [1.807, 2.05) is 52.3 Å². The van der Waals surface area contributed by atoms with Crippen LogP contribution in [0, 0.1) is 0 Å². The van der Waals surface area contributed by atoms with Gasteiger partial charge in [0.25, 0.3) is 0 Å². The van der Waals surface area contributed by atoms with Gasteiger partial charge in [-0.15, -0.1) is 0 Å². The summed E-state index contributed by atoms with van der Waals surface area (Å²) >= 11 is 0. The van der Waals surface area contributed by atoms with Gasteiger partial charge in [0, 0.05) is 50.5 Å². The third kappa shape index (κ3) is 4.43. The standard InChI is InChI=1S/C23H28N4O2/c24-20-7-3-1-5-18(20)9-10-22(28)26-15-13-25(14-16-26)17-23(29)27-12-11-19-6-2-4-8-21(19)27/h1-8H,9-17,24H2. The van der Waals surface area contributed by atoms with Crippen LogP contribution in [0.5, 0.6) is 0 Å². The van der Waals surface area contributed by atoms with Crippen LogP contribution < -0.4 is 10.6 Å². The number of nitrogen functional groups attached to an aromatic ring is 1. The van der Waals surface area contributed by atoms with Crippen molar-refractivity contribution in [3.05, 3.63) is 59.7 Å². The third-order valence-corrected chi connectivity index (χ3v) is 5.94. The van der Waals surface area contributed by atoms with Crippen molar-refractivity contribution in [2.24, 2.45) is 0 Å². The van der Waals surface area contributed by atoms with E-state index in [1.165, 1.54) is 5.56 Å². The van der Waals surface area contributed by atoms with E-state index in [0.717, 1.165) is 43.0 Å². The van der Waals surface area contributed by atoms with Crippen LogP contribution in [-0.2, 0) is 22.4 Å². The zero-order valence-corrected chi connectivity index (χ0v) is 16.7. The second kappa shape index (κ2) is 8.66.